The van der Waals surface area contributed by atoms with Crippen LogP contribution in [0.5, 0.6) is 0 Å². The van der Waals surface area contributed by atoms with Crippen molar-refractivity contribution in [1.29, 1.82) is 0 Å². The van der Waals surface area contributed by atoms with Crippen LogP contribution in [0, 0.1) is 0 Å². The molecule has 3 heteroatoms. The van der Waals surface area contributed by atoms with Crippen LogP contribution >= 0.6 is 0 Å². The summed E-state index contributed by atoms with van der Waals surface area (Å²) in [4.78, 5) is 0.989. The van der Waals surface area contributed by atoms with E-state index in [1.165, 1.54) is 6.07 Å². The highest BCUT2D eigenvalue weighted by molar-refractivity contribution is 6.15. The molecule has 2 heterocycles. The van der Waals surface area contributed by atoms with Crippen molar-refractivity contribution in [1.82, 2.24) is 4.57 Å². The van der Waals surface area contributed by atoms with E-state index in [4.69, 9.17) is 20.9 Å². The summed E-state index contributed by atoms with van der Waals surface area (Å²) in [5.74, 6) is 0. The molecule has 65 heavy (non-hydrogen) atoms. The maximum Gasteiger partial charge on any atom is 0.145 e. The Hall–Kier alpha value is -8.66. The molecule has 13 rings (SSSR count). The molecule has 0 atom stereocenters. The predicted molar refractivity (Wildman–Crippen MR) is 274 cm³/mol. The van der Waals surface area contributed by atoms with Gasteiger partial charge in [-0.05, 0) is 122 Å². The van der Waals surface area contributed by atoms with Gasteiger partial charge in [0.05, 0.1) is 46.9 Å². The summed E-state index contributed by atoms with van der Waals surface area (Å²) >= 11 is 0. The molecule has 11 aromatic carbocycles. The minimum Gasteiger partial charge on any atom is -0.455 e. The van der Waals surface area contributed by atoms with Crippen LogP contribution in [0.2, 0.25) is 0 Å². The number of fused-ring (bicyclic) bond motifs is 9. The molecular formula is C62H40N2O. The second-order valence-electron chi connectivity index (χ2n) is 15.1. The highest BCUT2D eigenvalue weighted by atomic mass is 16.3. The van der Waals surface area contributed by atoms with Gasteiger partial charge < -0.3 is 13.9 Å². The average Bonchev–Trinajstić information content (AvgIpc) is 1.36. The van der Waals surface area contributed by atoms with Crippen molar-refractivity contribution < 1.29 is 34.6 Å². The lowest BCUT2D eigenvalue weighted by Crippen LogP contribution is -2.11. The minimum absolute atomic E-state index is 0.112. The molecule has 3 nitrogen and oxygen atoms in total. The molecule has 0 bridgehead atoms. The van der Waals surface area contributed by atoms with Gasteiger partial charge in [-0.25, -0.2) is 0 Å². The first-order valence-corrected chi connectivity index (χ1v) is 20.5. The van der Waals surface area contributed by atoms with Crippen LogP contribution in [0.4, 0.5) is 17.1 Å². The van der Waals surface area contributed by atoms with Crippen molar-refractivity contribution in [2.45, 2.75) is 0 Å². The lowest BCUT2D eigenvalue weighted by molar-refractivity contribution is 0.670. The zero-order valence-electron chi connectivity index (χ0n) is 55.7. The number of anilines is 3. The normalized spacial score (nSPS) is 16.4. The number of hydrogen-bond acceptors (Lipinski definition) is 2. The molecule has 13 aromatic rings. The lowest BCUT2D eigenvalue weighted by atomic mass is 9.93. The van der Waals surface area contributed by atoms with Crippen LogP contribution in [0.1, 0.15) is 30.2 Å². The zero-order chi connectivity index (χ0) is 62.0. The monoisotopic (exact) mass is 850 g/mol. The molecule has 0 N–H and O–H groups in total. The third-order valence-electron chi connectivity index (χ3n) is 11.6. The molecule has 0 saturated heterocycles. The first-order valence-electron chi connectivity index (χ1n) is 31.5. The quantitative estimate of drug-likeness (QED) is 0.149. The smallest absolute Gasteiger partial charge is 0.145 e. The van der Waals surface area contributed by atoms with Crippen LogP contribution in [0.15, 0.2) is 247 Å². The van der Waals surface area contributed by atoms with Gasteiger partial charge in [0.15, 0.2) is 0 Å². The Morgan fingerprint density at radius 3 is 1.68 bits per heavy atom. The molecule has 0 fully saturated rings. The van der Waals surface area contributed by atoms with Gasteiger partial charge in [-0.2, -0.15) is 0 Å². The van der Waals surface area contributed by atoms with Crippen LogP contribution in [0.3, 0.4) is 0 Å². The Labute approximate surface area is 407 Å². The van der Waals surface area contributed by atoms with Gasteiger partial charge in [-0.15, -0.1) is 0 Å². The van der Waals surface area contributed by atoms with Crippen molar-refractivity contribution in [3.8, 4) is 39.1 Å². The summed E-state index contributed by atoms with van der Waals surface area (Å²) < 4.78 is 211. The third kappa shape index (κ3) is 6.05. The molecule has 0 aliphatic rings. The van der Waals surface area contributed by atoms with E-state index in [0.717, 1.165) is 32.4 Å². The van der Waals surface area contributed by atoms with Crippen LogP contribution < -0.4 is 4.90 Å². The Balaban J connectivity index is 1.16. The van der Waals surface area contributed by atoms with E-state index in [0.29, 0.717) is 21.9 Å². The van der Waals surface area contributed by atoms with Gasteiger partial charge >= 0.3 is 0 Å². The molecule has 304 valence electrons. The fraction of sp³-hybridized carbons (Fsp3) is 0. The fourth-order valence-corrected chi connectivity index (χ4v) is 8.69. The first-order chi connectivity index (χ1) is 41.4. The SMILES string of the molecule is [2H]c1c([2H])c([2H])c(-c2c([2H])c([2H])c(N(c3ccc4c(oc5ccccc54)c3-c3ccc(-n4c5ccccc5c5ccccc54)cc3)c3c([2H])c([2H])c(-c4c([2H])c5c([2H])c([2H])c([2H])c([2H])c5c5c([2H])c([2H])c([2H])c([2H])c45)c([2H])c3[2H])c([2H])c2[2H])c([2H])c1[2H]. The predicted octanol–water partition coefficient (Wildman–Crippen LogP) is 17.5. The summed E-state index contributed by atoms with van der Waals surface area (Å²) in [6.45, 7) is 0. The largest absolute Gasteiger partial charge is 0.455 e. The van der Waals surface area contributed by atoms with Crippen molar-refractivity contribution >= 4 is 82.4 Å². The Morgan fingerprint density at radius 2 is 0.969 bits per heavy atom. The average molecular weight is 851 g/mol. The van der Waals surface area contributed by atoms with Crippen LogP contribution in [-0.2, 0) is 0 Å². The number of para-hydroxylation sites is 3. The molecule has 0 radical (unpaired) electrons. The van der Waals surface area contributed by atoms with Gasteiger partial charge in [-0.3, -0.25) is 0 Å². The summed E-state index contributed by atoms with van der Waals surface area (Å²) in [7, 11) is 0. The molecule has 0 aliphatic heterocycles. The van der Waals surface area contributed by atoms with Crippen LogP contribution in [-0.4, -0.2) is 4.57 Å². The number of nitrogens with zero attached hydrogens (tertiary/aromatic N) is 2. The topological polar surface area (TPSA) is 21.3 Å². The molecule has 0 amide bonds. The van der Waals surface area contributed by atoms with E-state index >= 15 is 0 Å². The maximum absolute atomic E-state index is 10.1. The van der Waals surface area contributed by atoms with Gasteiger partial charge in [0.1, 0.15) is 11.2 Å². The summed E-state index contributed by atoms with van der Waals surface area (Å²) in [6.07, 6.45) is 0. The molecule has 0 unspecified atom stereocenters. The van der Waals surface area contributed by atoms with Gasteiger partial charge in [-0.1, -0.05) is 169 Å². The molecule has 2 aromatic heterocycles. The molecular weight excluding hydrogens is 789 g/mol. The van der Waals surface area contributed by atoms with E-state index in [1.807, 2.05) is 66.7 Å². The summed E-state index contributed by atoms with van der Waals surface area (Å²) in [5.41, 5.74) is -0.616. The van der Waals surface area contributed by atoms with Gasteiger partial charge in [0.2, 0.25) is 0 Å². The van der Waals surface area contributed by atoms with Gasteiger partial charge in [0, 0.05) is 44.2 Å². The molecule has 0 spiro atoms. The summed E-state index contributed by atoms with van der Waals surface area (Å²) in [5, 5.41) is 1.12. The third-order valence-corrected chi connectivity index (χ3v) is 11.6. The number of benzene rings is 11. The zero-order valence-corrected chi connectivity index (χ0v) is 33.7. The second kappa shape index (κ2) is 15.0. The van der Waals surface area contributed by atoms with E-state index in [-0.39, 0.29) is 16.8 Å². The minimum atomic E-state index is -0.980. The Kier molecular flexibility index (Phi) is 4.88. The second-order valence-corrected chi connectivity index (χ2v) is 15.1. The highest BCUT2D eigenvalue weighted by Crippen LogP contribution is 2.48. The van der Waals surface area contributed by atoms with Gasteiger partial charge in [0.25, 0.3) is 0 Å². The van der Waals surface area contributed by atoms with Crippen LogP contribution in [0.25, 0.3) is 104 Å². The number of furan rings is 1. The van der Waals surface area contributed by atoms with Crippen molar-refractivity contribution in [2.24, 2.45) is 0 Å². The Bertz CT molecular complexity index is 5130. The molecule has 0 aliphatic carbocycles. The van der Waals surface area contributed by atoms with E-state index in [9.17, 15) is 13.7 Å². The van der Waals surface area contributed by atoms with Crippen molar-refractivity contribution in [3.63, 3.8) is 0 Å². The van der Waals surface area contributed by atoms with E-state index in [2.05, 4.69) is 4.57 Å². The lowest BCUT2D eigenvalue weighted by Gasteiger charge is -2.28. The number of rotatable bonds is 7. The Morgan fingerprint density at radius 1 is 0.400 bits per heavy atom. The van der Waals surface area contributed by atoms with E-state index in [1.54, 1.807) is 36.4 Å². The number of aromatic nitrogens is 1. The molecule has 0 saturated carbocycles. The number of hydrogen-bond donors (Lipinski definition) is 0. The first kappa shape index (κ1) is 21.1. The van der Waals surface area contributed by atoms with E-state index < -0.39 is 188 Å². The van der Waals surface area contributed by atoms with Crippen molar-refractivity contribution in [3.05, 3.63) is 242 Å². The standard InChI is InChI=1S/C62H40N2O/c1-2-14-41(15-3-1)42-26-32-46(33-27-42)63(47-34-28-43(29-35-47)56-40-45-16-4-5-17-49(45)50-18-6-7-19-51(50)56)59-39-38-55-54-22-10-13-25-60(54)65-62(55)61(59)44-30-36-48(37-31-44)64-57-23-11-8-20-52(57)53-21-9-12-24-58(53)64/h1-40H/i1D,2D,3D,4D,5D,6D,7D,14D,15D,16D,17D,18D,19D,26D,27D,28D,29D,32D,33D,34D,35D,40D. The summed E-state index contributed by atoms with van der Waals surface area (Å²) in [6, 6.07) is 14.3. The maximum atomic E-state index is 10.1. The van der Waals surface area contributed by atoms with Crippen molar-refractivity contribution in [2.75, 3.05) is 4.90 Å². The highest BCUT2D eigenvalue weighted by Gasteiger charge is 2.24. The fourth-order valence-electron chi connectivity index (χ4n) is 8.69.